The number of aromatic nitrogens is 1. The largest absolute Gasteiger partial charge is 0.241 e. The van der Waals surface area contributed by atoms with Gasteiger partial charge < -0.3 is 0 Å². The topological polar surface area (TPSA) is 47.0 Å². The fraction of sp³-hybridized carbons (Fsp3) is 0.312. The van der Waals surface area contributed by atoms with Crippen molar-refractivity contribution < 1.29 is 8.42 Å². The molecule has 21 heavy (non-hydrogen) atoms. The van der Waals surface area contributed by atoms with Gasteiger partial charge in [-0.2, -0.15) is 0 Å². The van der Waals surface area contributed by atoms with Gasteiger partial charge in [0.25, 0.3) is 0 Å². The molecule has 0 saturated heterocycles. The number of hydrogen-bond acceptors (Lipinski definition) is 3. The molecular formula is C16H18ClNO2S. The van der Waals surface area contributed by atoms with E-state index in [4.69, 9.17) is 11.6 Å². The van der Waals surface area contributed by atoms with Crippen molar-refractivity contribution in [1.82, 2.24) is 4.98 Å². The molecule has 0 N–H and O–H groups in total. The van der Waals surface area contributed by atoms with Gasteiger partial charge in [-0.15, -0.1) is 0 Å². The fourth-order valence-electron chi connectivity index (χ4n) is 2.62. The average molecular weight is 324 g/mol. The zero-order valence-electron chi connectivity index (χ0n) is 12.8. The van der Waals surface area contributed by atoms with Crippen LogP contribution in [0.15, 0.2) is 28.1 Å². The standard InChI is InChI=1S/C16H18ClNO2S/c1-9-6-10(2)15(11(3)7-9)21(19,20)16-13(5)14(17)8-12(4)18-16/h6-8H,1-5H3. The summed E-state index contributed by atoms with van der Waals surface area (Å²) in [6, 6.07) is 5.41. The number of sulfone groups is 1. The highest BCUT2D eigenvalue weighted by molar-refractivity contribution is 7.91. The molecule has 0 radical (unpaired) electrons. The molecular weight excluding hydrogens is 306 g/mol. The molecule has 0 saturated carbocycles. The summed E-state index contributed by atoms with van der Waals surface area (Å²) >= 11 is 6.11. The van der Waals surface area contributed by atoms with Gasteiger partial charge in [-0.25, -0.2) is 13.4 Å². The van der Waals surface area contributed by atoms with Crippen LogP contribution in [0.3, 0.4) is 0 Å². The SMILES string of the molecule is Cc1cc(C)c(S(=O)(=O)c2nc(C)cc(Cl)c2C)c(C)c1. The molecule has 0 fully saturated rings. The first-order valence-corrected chi connectivity index (χ1v) is 8.47. The van der Waals surface area contributed by atoms with Crippen LogP contribution in [0.2, 0.25) is 5.02 Å². The van der Waals surface area contributed by atoms with Gasteiger partial charge in [-0.1, -0.05) is 29.3 Å². The van der Waals surface area contributed by atoms with E-state index in [1.54, 1.807) is 33.8 Å². The lowest BCUT2D eigenvalue weighted by Gasteiger charge is -2.14. The van der Waals surface area contributed by atoms with Gasteiger partial charge in [0.05, 0.1) is 4.90 Å². The van der Waals surface area contributed by atoms with Gasteiger partial charge in [0.1, 0.15) is 0 Å². The Balaban J connectivity index is 2.81. The summed E-state index contributed by atoms with van der Waals surface area (Å²) < 4.78 is 26.0. The number of hydrogen-bond donors (Lipinski definition) is 0. The lowest BCUT2D eigenvalue weighted by atomic mass is 10.1. The molecule has 0 aliphatic carbocycles. The summed E-state index contributed by atoms with van der Waals surface area (Å²) in [6.07, 6.45) is 0. The van der Waals surface area contributed by atoms with E-state index >= 15 is 0 Å². The monoisotopic (exact) mass is 323 g/mol. The molecule has 2 rings (SSSR count). The lowest BCUT2D eigenvalue weighted by molar-refractivity contribution is 0.589. The van der Waals surface area contributed by atoms with Crippen LogP contribution < -0.4 is 0 Å². The van der Waals surface area contributed by atoms with Crippen LogP contribution in [0.25, 0.3) is 0 Å². The number of halogens is 1. The van der Waals surface area contributed by atoms with Crippen LogP contribution in [0.1, 0.15) is 27.9 Å². The lowest BCUT2D eigenvalue weighted by Crippen LogP contribution is -2.11. The van der Waals surface area contributed by atoms with Crippen molar-refractivity contribution in [1.29, 1.82) is 0 Å². The van der Waals surface area contributed by atoms with E-state index < -0.39 is 9.84 Å². The van der Waals surface area contributed by atoms with E-state index in [1.165, 1.54) is 0 Å². The van der Waals surface area contributed by atoms with Crippen LogP contribution in [-0.2, 0) is 9.84 Å². The molecule has 0 bridgehead atoms. The summed E-state index contributed by atoms with van der Waals surface area (Å²) in [7, 11) is -3.69. The van der Waals surface area contributed by atoms with Crippen molar-refractivity contribution in [3.8, 4) is 0 Å². The van der Waals surface area contributed by atoms with Crippen LogP contribution in [0.4, 0.5) is 0 Å². The highest BCUT2D eigenvalue weighted by Gasteiger charge is 2.27. The molecule has 0 amide bonds. The summed E-state index contributed by atoms with van der Waals surface area (Å²) in [4.78, 5) is 4.54. The molecule has 0 aliphatic rings. The maximum absolute atomic E-state index is 13.0. The smallest absolute Gasteiger partial charge is 0.224 e. The van der Waals surface area contributed by atoms with Gasteiger partial charge in [-0.05, 0) is 51.8 Å². The number of aryl methyl sites for hydroxylation is 4. The summed E-state index contributed by atoms with van der Waals surface area (Å²) in [6.45, 7) is 8.97. The van der Waals surface area contributed by atoms with Crippen molar-refractivity contribution in [3.05, 3.63) is 51.2 Å². The molecule has 0 atom stereocenters. The second kappa shape index (κ2) is 5.43. The van der Waals surface area contributed by atoms with E-state index in [2.05, 4.69) is 4.98 Å². The number of nitrogens with zero attached hydrogens (tertiary/aromatic N) is 1. The van der Waals surface area contributed by atoms with E-state index in [9.17, 15) is 8.42 Å². The number of benzene rings is 1. The molecule has 2 aromatic rings. The molecule has 1 heterocycles. The van der Waals surface area contributed by atoms with Gasteiger partial charge in [0.15, 0.2) is 5.03 Å². The molecule has 1 aromatic carbocycles. The van der Waals surface area contributed by atoms with E-state index in [0.29, 0.717) is 21.2 Å². The average Bonchev–Trinajstić information content (AvgIpc) is 2.31. The first-order valence-electron chi connectivity index (χ1n) is 6.61. The second-order valence-electron chi connectivity index (χ2n) is 5.41. The summed E-state index contributed by atoms with van der Waals surface area (Å²) in [5.74, 6) is 0. The first-order chi connectivity index (χ1) is 9.64. The minimum Gasteiger partial charge on any atom is -0.241 e. The maximum Gasteiger partial charge on any atom is 0.224 e. The third-order valence-electron chi connectivity index (χ3n) is 3.42. The zero-order valence-corrected chi connectivity index (χ0v) is 14.4. The fourth-order valence-corrected chi connectivity index (χ4v) is 4.86. The first kappa shape index (κ1) is 16.0. The van der Waals surface area contributed by atoms with E-state index in [0.717, 1.165) is 16.7 Å². The summed E-state index contributed by atoms with van der Waals surface area (Å²) in [5, 5.41) is 0.464. The van der Waals surface area contributed by atoms with Crippen LogP contribution >= 0.6 is 11.6 Å². The normalized spacial score (nSPS) is 11.7. The zero-order chi connectivity index (χ0) is 15.9. The molecule has 5 heteroatoms. The molecule has 0 aliphatic heterocycles. The Morgan fingerprint density at radius 2 is 1.48 bits per heavy atom. The van der Waals surface area contributed by atoms with Crippen LogP contribution in [0, 0.1) is 34.6 Å². The third kappa shape index (κ3) is 2.83. The Morgan fingerprint density at radius 1 is 0.952 bits per heavy atom. The molecule has 3 nitrogen and oxygen atoms in total. The quantitative estimate of drug-likeness (QED) is 0.835. The highest BCUT2D eigenvalue weighted by Crippen LogP contribution is 2.31. The maximum atomic E-state index is 13.0. The Morgan fingerprint density at radius 3 is 2.00 bits per heavy atom. The van der Waals surface area contributed by atoms with Crippen molar-refractivity contribution in [2.45, 2.75) is 44.5 Å². The molecule has 112 valence electrons. The minimum absolute atomic E-state index is 0.0440. The van der Waals surface area contributed by atoms with Gasteiger partial charge in [-0.3, -0.25) is 0 Å². The highest BCUT2D eigenvalue weighted by atomic mass is 35.5. The molecule has 0 unspecified atom stereocenters. The predicted molar refractivity (Wildman–Crippen MR) is 84.8 cm³/mol. The Kier molecular flexibility index (Phi) is 4.13. The molecule has 1 aromatic heterocycles. The van der Waals surface area contributed by atoms with Crippen LogP contribution in [-0.4, -0.2) is 13.4 Å². The second-order valence-corrected chi connectivity index (χ2v) is 7.62. The minimum atomic E-state index is -3.69. The van der Waals surface area contributed by atoms with Crippen molar-refractivity contribution in [3.63, 3.8) is 0 Å². The van der Waals surface area contributed by atoms with E-state index in [1.807, 2.05) is 19.1 Å². The number of rotatable bonds is 2. The Bertz CT molecular complexity index is 803. The van der Waals surface area contributed by atoms with Crippen molar-refractivity contribution >= 4 is 21.4 Å². The predicted octanol–water partition coefficient (Wildman–Crippen LogP) is 4.11. The van der Waals surface area contributed by atoms with Gasteiger partial charge >= 0.3 is 0 Å². The van der Waals surface area contributed by atoms with E-state index in [-0.39, 0.29) is 5.03 Å². The van der Waals surface area contributed by atoms with Crippen molar-refractivity contribution in [2.24, 2.45) is 0 Å². The Labute approximate surface area is 130 Å². The van der Waals surface area contributed by atoms with Gasteiger partial charge in [0.2, 0.25) is 9.84 Å². The molecule has 0 spiro atoms. The van der Waals surface area contributed by atoms with Crippen LogP contribution in [0.5, 0.6) is 0 Å². The van der Waals surface area contributed by atoms with Crippen molar-refractivity contribution in [2.75, 3.05) is 0 Å². The van der Waals surface area contributed by atoms with Gasteiger partial charge in [0, 0.05) is 16.3 Å². The summed E-state index contributed by atoms with van der Waals surface area (Å²) in [5.41, 5.74) is 3.57. The third-order valence-corrected chi connectivity index (χ3v) is 5.90. The number of pyridine rings is 1. The Hall–Kier alpha value is -1.39.